The van der Waals surface area contributed by atoms with Crippen LogP contribution in [0.25, 0.3) is 0 Å². The van der Waals surface area contributed by atoms with Gasteiger partial charge in [-0.3, -0.25) is 9.48 Å². The van der Waals surface area contributed by atoms with E-state index in [1.54, 1.807) is 47.3 Å². The molecule has 1 amide bonds. The van der Waals surface area contributed by atoms with Gasteiger partial charge in [0.25, 0.3) is 5.91 Å². The molecule has 0 unspecified atom stereocenters. The van der Waals surface area contributed by atoms with Crippen LogP contribution in [0.4, 0.5) is 10.2 Å². The largest absolute Gasteiger partial charge is 0.304 e. The number of carbonyl (C=O) groups excluding carboxylic acids is 1. The van der Waals surface area contributed by atoms with Gasteiger partial charge in [-0.05, 0) is 42.0 Å². The lowest BCUT2D eigenvalue weighted by atomic mass is 10.2. The van der Waals surface area contributed by atoms with Crippen LogP contribution in [0.15, 0.2) is 59.2 Å². The van der Waals surface area contributed by atoms with Gasteiger partial charge in [-0.25, -0.2) is 4.39 Å². The van der Waals surface area contributed by atoms with Crippen molar-refractivity contribution in [2.24, 2.45) is 0 Å². The molecule has 0 saturated heterocycles. The molecular weight excluding hydrogens is 397 g/mol. The first-order valence-electron chi connectivity index (χ1n) is 7.05. The summed E-state index contributed by atoms with van der Waals surface area (Å²) in [5.41, 5.74) is 1.24. The van der Waals surface area contributed by atoms with Gasteiger partial charge >= 0.3 is 0 Å². The Morgan fingerprint density at radius 2 is 2.00 bits per heavy atom. The highest BCUT2D eigenvalue weighted by Gasteiger charge is 2.12. The number of aromatic nitrogens is 2. The Morgan fingerprint density at radius 1 is 1.25 bits per heavy atom. The SMILES string of the molecule is O=C(Nc1nn(Cc2cccc(F)c2)cc1Cl)c1ccc(Br)cc1. The van der Waals surface area contributed by atoms with E-state index >= 15 is 0 Å². The summed E-state index contributed by atoms with van der Waals surface area (Å²) in [6.45, 7) is 0.353. The van der Waals surface area contributed by atoms with E-state index in [1.807, 2.05) is 0 Å². The summed E-state index contributed by atoms with van der Waals surface area (Å²) in [5.74, 6) is -0.351. The number of hydrogen-bond donors (Lipinski definition) is 1. The van der Waals surface area contributed by atoms with Crippen molar-refractivity contribution in [2.75, 3.05) is 5.32 Å². The summed E-state index contributed by atoms with van der Waals surface area (Å²) in [4.78, 5) is 12.2. The quantitative estimate of drug-likeness (QED) is 0.678. The molecule has 0 radical (unpaired) electrons. The lowest BCUT2D eigenvalue weighted by molar-refractivity contribution is 0.102. The van der Waals surface area contributed by atoms with Crippen LogP contribution >= 0.6 is 27.5 Å². The van der Waals surface area contributed by atoms with Gasteiger partial charge in [0.1, 0.15) is 10.8 Å². The molecule has 0 spiro atoms. The molecule has 0 aliphatic rings. The van der Waals surface area contributed by atoms with E-state index in [9.17, 15) is 9.18 Å². The third-order valence-corrected chi connectivity index (χ3v) is 4.09. The topological polar surface area (TPSA) is 46.9 Å². The van der Waals surface area contributed by atoms with Crippen molar-refractivity contribution in [1.29, 1.82) is 0 Å². The maximum Gasteiger partial charge on any atom is 0.256 e. The molecule has 122 valence electrons. The summed E-state index contributed by atoms with van der Waals surface area (Å²) in [6.07, 6.45) is 1.59. The van der Waals surface area contributed by atoms with Crippen LogP contribution in [0.5, 0.6) is 0 Å². The smallest absolute Gasteiger partial charge is 0.256 e. The first kappa shape index (κ1) is 16.7. The average Bonchev–Trinajstić information content (AvgIpc) is 2.87. The van der Waals surface area contributed by atoms with Crippen molar-refractivity contribution in [3.63, 3.8) is 0 Å². The summed E-state index contributed by atoms with van der Waals surface area (Å²) < 4.78 is 15.7. The molecule has 0 bridgehead atoms. The Balaban J connectivity index is 1.74. The van der Waals surface area contributed by atoms with Gasteiger partial charge in [-0.15, -0.1) is 0 Å². The van der Waals surface area contributed by atoms with Gasteiger partial charge < -0.3 is 5.32 Å². The number of carbonyl (C=O) groups is 1. The first-order valence-corrected chi connectivity index (χ1v) is 8.23. The minimum Gasteiger partial charge on any atom is -0.304 e. The fraction of sp³-hybridized carbons (Fsp3) is 0.0588. The number of amides is 1. The van der Waals surface area contributed by atoms with Gasteiger partial charge in [0.05, 0.1) is 6.54 Å². The maximum atomic E-state index is 13.2. The normalized spacial score (nSPS) is 10.6. The Labute approximate surface area is 151 Å². The molecule has 4 nitrogen and oxygen atoms in total. The Morgan fingerprint density at radius 3 is 2.71 bits per heavy atom. The third-order valence-electron chi connectivity index (χ3n) is 3.29. The Hall–Kier alpha value is -2.18. The zero-order valence-corrected chi connectivity index (χ0v) is 14.7. The van der Waals surface area contributed by atoms with Crippen molar-refractivity contribution in [2.45, 2.75) is 6.54 Å². The summed E-state index contributed by atoms with van der Waals surface area (Å²) in [5, 5.41) is 7.23. The zero-order valence-electron chi connectivity index (χ0n) is 12.3. The van der Waals surface area contributed by atoms with E-state index in [2.05, 4.69) is 26.3 Å². The van der Waals surface area contributed by atoms with Gasteiger partial charge in [0.2, 0.25) is 0 Å². The Bertz CT molecular complexity index is 880. The minimum atomic E-state index is -0.311. The van der Waals surface area contributed by atoms with Crippen LogP contribution in [-0.4, -0.2) is 15.7 Å². The molecule has 0 aliphatic carbocycles. The fourth-order valence-corrected chi connectivity index (χ4v) is 2.63. The molecule has 1 aromatic heterocycles. The molecule has 1 heterocycles. The molecular formula is C17H12BrClFN3O. The number of hydrogen-bond acceptors (Lipinski definition) is 2. The predicted molar refractivity (Wildman–Crippen MR) is 94.8 cm³/mol. The van der Waals surface area contributed by atoms with E-state index in [1.165, 1.54) is 12.1 Å². The molecule has 0 aliphatic heterocycles. The fourth-order valence-electron chi connectivity index (χ4n) is 2.17. The molecule has 3 rings (SSSR count). The third kappa shape index (κ3) is 4.01. The molecule has 2 aromatic carbocycles. The Kier molecular flexibility index (Phi) is 4.97. The number of nitrogens with zero attached hydrogens (tertiary/aromatic N) is 2. The number of rotatable bonds is 4. The summed E-state index contributed by atoms with van der Waals surface area (Å²) in [6, 6.07) is 13.2. The highest BCUT2D eigenvalue weighted by Crippen LogP contribution is 2.21. The second-order valence-electron chi connectivity index (χ2n) is 5.11. The molecule has 0 saturated carbocycles. The zero-order chi connectivity index (χ0) is 17.1. The predicted octanol–water partition coefficient (Wildman–Crippen LogP) is 4.74. The highest BCUT2D eigenvalue weighted by molar-refractivity contribution is 9.10. The van der Waals surface area contributed by atoms with Gasteiger partial charge in [0, 0.05) is 16.2 Å². The summed E-state index contributed by atoms with van der Waals surface area (Å²) >= 11 is 9.44. The van der Waals surface area contributed by atoms with Crippen LogP contribution in [0.3, 0.4) is 0 Å². The highest BCUT2D eigenvalue weighted by atomic mass is 79.9. The van der Waals surface area contributed by atoms with Crippen molar-refractivity contribution < 1.29 is 9.18 Å². The van der Waals surface area contributed by atoms with E-state index < -0.39 is 0 Å². The van der Waals surface area contributed by atoms with Gasteiger partial charge in [-0.1, -0.05) is 39.7 Å². The molecule has 3 aromatic rings. The molecule has 24 heavy (non-hydrogen) atoms. The molecule has 1 N–H and O–H groups in total. The van der Waals surface area contributed by atoms with Crippen molar-refractivity contribution in [1.82, 2.24) is 9.78 Å². The summed E-state index contributed by atoms with van der Waals surface area (Å²) in [7, 11) is 0. The van der Waals surface area contributed by atoms with Crippen molar-refractivity contribution >= 4 is 39.3 Å². The molecule has 0 fully saturated rings. The monoisotopic (exact) mass is 407 g/mol. The van der Waals surface area contributed by atoms with Crippen LogP contribution in [0, 0.1) is 5.82 Å². The second-order valence-corrected chi connectivity index (χ2v) is 6.44. The van der Waals surface area contributed by atoms with Crippen molar-refractivity contribution in [3.8, 4) is 0 Å². The van der Waals surface area contributed by atoms with Gasteiger partial charge in [-0.2, -0.15) is 5.10 Å². The van der Waals surface area contributed by atoms with Crippen LogP contribution in [0.2, 0.25) is 5.02 Å². The number of benzene rings is 2. The lowest BCUT2D eigenvalue weighted by Gasteiger charge is -2.03. The van der Waals surface area contributed by atoms with Crippen LogP contribution in [-0.2, 0) is 6.54 Å². The van der Waals surface area contributed by atoms with Crippen LogP contribution < -0.4 is 5.32 Å². The second kappa shape index (κ2) is 7.15. The lowest BCUT2D eigenvalue weighted by Crippen LogP contribution is -2.13. The van der Waals surface area contributed by atoms with Crippen molar-refractivity contribution in [3.05, 3.63) is 81.2 Å². The number of halogens is 3. The molecule has 7 heteroatoms. The van der Waals surface area contributed by atoms with Gasteiger partial charge in [0.15, 0.2) is 5.82 Å². The minimum absolute atomic E-state index is 0.265. The van der Waals surface area contributed by atoms with E-state index in [-0.39, 0.29) is 17.5 Å². The molecule has 0 atom stereocenters. The first-order chi connectivity index (χ1) is 11.5. The van der Waals surface area contributed by atoms with E-state index in [0.29, 0.717) is 17.1 Å². The maximum absolute atomic E-state index is 13.2. The number of anilines is 1. The van der Waals surface area contributed by atoms with E-state index in [0.717, 1.165) is 10.0 Å². The number of nitrogens with one attached hydrogen (secondary N) is 1. The average molecular weight is 409 g/mol. The standard InChI is InChI=1S/C17H12BrClFN3O/c18-13-6-4-12(5-7-13)17(24)21-16-15(19)10-23(22-16)9-11-2-1-3-14(20)8-11/h1-8,10H,9H2,(H,21,22,24). The van der Waals surface area contributed by atoms with E-state index in [4.69, 9.17) is 11.6 Å². The van der Waals surface area contributed by atoms with Crippen LogP contribution in [0.1, 0.15) is 15.9 Å².